The first-order chi connectivity index (χ1) is 7.75. The van der Waals surface area contributed by atoms with Crippen molar-refractivity contribution in [1.82, 2.24) is 4.31 Å². The van der Waals surface area contributed by atoms with Crippen molar-refractivity contribution in [2.45, 2.75) is 18.7 Å². The van der Waals surface area contributed by atoms with Crippen LogP contribution < -0.4 is 0 Å². The molecular formula is C11H15BrClNO2S. The van der Waals surface area contributed by atoms with Gasteiger partial charge in [-0.05, 0) is 40.0 Å². The van der Waals surface area contributed by atoms with E-state index in [4.69, 9.17) is 11.6 Å². The standard InChI is InChI=1S/C11H15BrClNO2S/c1-8(2)7-14(3)17(15,16)9-4-5-11(13)10(12)6-9/h4-6,8H,7H2,1-3H3. The minimum Gasteiger partial charge on any atom is -0.207 e. The van der Waals surface area contributed by atoms with Gasteiger partial charge in [0.1, 0.15) is 0 Å². The zero-order valence-corrected chi connectivity index (χ0v) is 13.1. The van der Waals surface area contributed by atoms with Crippen LogP contribution >= 0.6 is 27.5 Å². The van der Waals surface area contributed by atoms with E-state index in [1.807, 2.05) is 13.8 Å². The third kappa shape index (κ3) is 3.68. The number of nitrogens with zero attached hydrogens (tertiary/aromatic N) is 1. The van der Waals surface area contributed by atoms with Gasteiger partial charge in [-0.3, -0.25) is 0 Å². The molecule has 0 saturated heterocycles. The van der Waals surface area contributed by atoms with E-state index in [2.05, 4.69) is 15.9 Å². The Morgan fingerprint density at radius 1 is 1.41 bits per heavy atom. The molecule has 0 spiro atoms. The Morgan fingerprint density at radius 2 is 2.00 bits per heavy atom. The highest BCUT2D eigenvalue weighted by Crippen LogP contribution is 2.26. The minimum atomic E-state index is -3.43. The second-order valence-electron chi connectivity index (χ2n) is 4.26. The Bertz CT molecular complexity index is 502. The summed E-state index contributed by atoms with van der Waals surface area (Å²) < 4.78 is 26.3. The van der Waals surface area contributed by atoms with Gasteiger partial charge in [0.05, 0.1) is 9.92 Å². The monoisotopic (exact) mass is 339 g/mol. The largest absolute Gasteiger partial charge is 0.242 e. The molecule has 1 aromatic carbocycles. The van der Waals surface area contributed by atoms with Gasteiger partial charge in [-0.25, -0.2) is 12.7 Å². The van der Waals surface area contributed by atoms with Gasteiger partial charge in [-0.15, -0.1) is 0 Å². The van der Waals surface area contributed by atoms with E-state index in [1.54, 1.807) is 13.1 Å². The molecule has 0 fully saturated rings. The lowest BCUT2D eigenvalue weighted by atomic mass is 10.2. The minimum absolute atomic E-state index is 0.247. The van der Waals surface area contributed by atoms with Crippen LogP contribution in [0.5, 0.6) is 0 Å². The fourth-order valence-corrected chi connectivity index (χ4v) is 3.44. The zero-order chi connectivity index (χ0) is 13.2. The molecule has 0 aliphatic heterocycles. The highest BCUT2D eigenvalue weighted by Gasteiger charge is 2.21. The topological polar surface area (TPSA) is 37.4 Å². The summed E-state index contributed by atoms with van der Waals surface area (Å²) in [5, 5.41) is 0.496. The summed E-state index contributed by atoms with van der Waals surface area (Å²) in [5.74, 6) is 0.283. The molecule has 0 heterocycles. The molecule has 0 N–H and O–H groups in total. The Morgan fingerprint density at radius 3 is 2.47 bits per heavy atom. The first kappa shape index (κ1) is 15.0. The Balaban J connectivity index is 3.09. The van der Waals surface area contributed by atoms with Gasteiger partial charge in [0.25, 0.3) is 0 Å². The second-order valence-corrected chi connectivity index (χ2v) is 7.56. The average Bonchev–Trinajstić information content (AvgIpc) is 2.20. The molecule has 0 unspecified atom stereocenters. The average molecular weight is 341 g/mol. The molecule has 0 saturated carbocycles. The van der Waals surface area contributed by atoms with Crippen molar-refractivity contribution in [3.63, 3.8) is 0 Å². The van der Waals surface area contributed by atoms with E-state index in [0.717, 1.165) is 0 Å². The smallest absolute Gasteiger partial charge is 0.207 e. The first-order valence-corrected chi connectivity index (χ1v) is 7.77. The third-order valence-corrected chi connectivity index (χ3v) is 5.25. The molecule has 6 heteroatoms. The Hall–Kier alpha value is -0.100. The second kappa shape index (κ2) is 5.69. The summed E-state index contributed by atoms with van der Waals surface area (Å²) in [6.07, 6.45) is 0. The fourth-order valence-electron chi connectivity index (χ4n) is 1.43. The van der Waals surface area contributed by atoms with Crippen molar-refractivity contribution in [3.05, 3.63) is 27.7 Å². The lowest BCUT2D eigenvalue weighted by molar-refractivity contribution is 0.417. The number of halogens is 2. The summed E-state index contributed by atoms with van der Waals surface area (Å²) in [6.45, 7) is 4.44. The number of hydrogen-bond donors (Lipinski definition) is 0. The molecule has 0 aliphatic rings. The van der Waals surface area contributed by atoms with Crippen molar-refractivity contribution < 1.29 is 8.42 Å². The van der Waals surface area contributed by atoms with E-state index >= 15 is 0 Å². The van der Waals surface area contributed by atoms with E-state index in [1.165, 1.54) is 16.4 Å². The van der Waals surface area contributed by atoms with Crippen LogP contribution in [0.1, 0.15) is 13.8 Å². The molecule has 0 amide bonds. The summed E-state index contributed by atoms with van der Waals surface area (Å²) >= 11 is 9.06. The lowest BCUT2D eigenvalue weighted by Crippen LogP contribution is -2.30. The summed E-state index contributed by atoms with van der Waals surface area (Å²) in [5.41, 5.74) is 0. The zero-order valence-electron chi connectivity index (χ0n) is 9.94. The van der Waals surface area contributed by atoms with E-state index in [9.17, 15) is 8.42 Å². The maximum absolute atomic E-state index is 12.2. The molecule has 17 heavy (non-hydrogen) atoms. The van der Waals surface area contributed by atoms with Crippen LogP contribution in [0, 0.1) is 5.92 Å². The van der Waals surface area contributed by atoms with Gasteiger partial charge < -0.3 is 0 Å². The molecule has 1 aromatic rings. The Kier molecular flexibility index (Phi) is 5.01. The van der Waals surface area contributed by atoms with Crippen LogP contribution in [-0.4, -0.2) is 26.3 Å². The molecule has 0 aromatic heterocycles. The first-order valence-electron chi connectivity index (χ1n) is 5.16. The predicted molar refractivity (Wildman–Crippen MR) is 73.8 cm³/mol. The SMILES string of the molecule is CC(C)CN(C)S(=O)(=O)c1ccc(Cl)c(Br)c1. The van der Waals surface area contributed by atoms with Gasteiger partial charge in [0.15, 0.2) is 0 Å². The molecular weight excluding hydrogens is 326 g/mol. The van der Waals surface area contributed by atoms with E-state index in [-0.39, 0.29) is 10.8 Å². The van der Waals surface area contributed by atoms with Crippen molar-refractivity contribution >= 4 is 37.6 Å². The van der Waals surface area contributed by atoms with E-state index in [0.29, 0.717) is 16.0 Å². The maximum atomic E-state index is 12.2. The summed E-state index contributed by atoms with van der Waals surface area (Å²) in [4.78, 5) is 0.247. The van der Waals surface area contributed by atoms with Crippen LogP contribution in [0.3, 0.4) is 0 Å². The van der Waals surface area contributed by atoms with Crippen LogP contribution in [0.2, 0.25) is 5.02 Å². The van der Waals surface area contributed by atoms with Crippen molar-refractivity contribution in [2.24, 2.45) is 5.92 Å². The van der Waals surface area contributed by atoms with Gasteiger partial charge in [-0.2, -0.15) is 0 Å². The quantitative estimate of drug-likeness (QED) is 0.842. The van der Waals surface area contributed by atoms with Crippen molar-refractivity contribution in [3.8, 4) is 0 Å². The molecule has 0 atom stereocenters. The third-order valence-electron chi connectivity index (χ3n) is 2.22. The lowest BCUT2D eigenvalue weighted by Gasteiger charge is -2.19. The predicted octanol–water partition coefficient (Wildman–Crippen LogP) is 3.38. The molecule has 0 bridgehead atoms. The van der Waals surface area contributed by atoms with Crippen LogP contribution in [0.25, 0.3) is 0 Å². The van der Waals surface area contributed by atoms with Crippen LogP contribution in [-0.2, 0) is 10.0 Å². The normalized spacial score (nSPS) is 12.4. The summed E-state index contributed by atoms with van der Waals surface area (Å²) in [6, 6.07) is 4.61. The highest BCUT2D eigenvalue weighted by molar-refractivity contribution is 9.10. The van der Waals surface area contributed by atoms with Gasteiger partial charge >= 0.3 is 0 Å². The molecule has 1 rings (SSSR count). The molecule has 0 radical (unpaired) electrons. The molecule has 96 valence electrons. The molecule has 0 aliphatic carbocycles. The van der Waals surface area contributed by atoms with Crippen LogP contribution in [0.4, 0.5) is 0 Å². The number of rotatable bonds is 4. The number of benzene rings is 1. The fraction of sp³-hybridized carbons (Fsp3) is 0.455. The van der Waals surface area contributed by atoms with Crippen molar-refractivity contribution in [1.29, 1.82) is 0 Å². The van der Waals surface area contributed by atoms with Crippen LogP contribution in [0.15, 0.2) is 27.6 Å². The van der Waals surface area contributed by atoms with E-state index < -0.39 is 10.0 Å². The van der Waals surface area contributed by atoms with Gasteiger partial charge in [0, 0.05) is 18.1 Å². The number of sulfonamides is 1. The summed E-state index contributed by atoms with van der Waals surface area (Å²) in [7, 11) is -1.85. The number of hydrogen-bond acceptors (Lipinski definition) is 2. The van der Waals surface area contributed by atoms with Gasteiger partial charge in [0.2, 0.25) is 10.0 Å². The van der Waals surface area contributed by atoms with Crippen molar-refractivity contribution in [2.75, 3.05) is 13.6 Å². The molecule has 3 nitrogen and oxygen atoms in total. The Labute approximate surface area is 116 Å². The van der Waals surface area contributed by atoms with Gasteiger partial charge in [-0.1, -0.05) is 25.4 Å². The maximum Gasteiger partial charge on any atom is 0.242 e. The highest BCUT2D eigenvalue weighted by atomic mass is 79.9.